The number of nitrogens with zero attached hydrogens (tertiary/aromatic N) is 1. The van der Waals surface area contributed by atoms with Crippen molar-refractivity contribution in [3.8, 4) is 0 Å². The first-order valence-corrected chi connectivity index (χ1v) is 9.28. The minimum atomic E-state index is -0.559. The Hall–Kier alpha value is -1.19. The maximum atomic E-state index is 11.5. The minimum Gasteiger partial charge on any atom is -0.450 e. The van der Waals surface area contributed by atoms with Crippen LogP contribution in [0.5, 0.6) is 0 Å². The van der Waals surface area contributed by atoms with E-state index >= 15 is 0 Å². The smallest absolute Gasteiger partial charge is 0.413 e. The van der Waals surface area contributed by atoms with Crippen molar-refractivity contribution in [1.82, 2.24) is 16.0 Å². The molecule has 126 valence electrons. The zero-order chi connectivity index (χ0) is 16.9. The van der Waals surface area contributed by atoms with Gasteiger partial charge in [0, 0.05) is 27.7 Å². The Kier molecular flexibility index (Phi) is 6.37. The summed E-state index contributed by atoms with van der Waals surface area (Å²) in [6, 6.07) is 2.04. The zero-order valence-corrected chi connectivity index (χ0v) is 16.2. The van der Waals surface area contributed by atoms with Gasteiger partial charge in [0.05, 0.1) is 24.5 Å². The third-order valence-corrected chi connectivity index (χ3v) is 5.42. The molecule has 1 amide bonds. The number of ether oxygens (including phenoxy) is 1. The number of halogens is 1. The Morgan fingerprint density at radius 3 is 3.00 bits per heavy atom. The number of aliphatic imine (C=N–C) groups is 1. The lowest BCUT2D eigenvalue weighted by Gasteiger charge is -2.31. The monoisotopic (exact) mass is 418 g/mol. The number of carbonyl (C=O) groups excluding carboxylic acids is 1. The maximum Gasteiger partial charge on any atom is 0.413 e. The van der Waals surface area contributed by atoms with Crippen LogP contribution in [0.25, 0.3) is 0 Å². The van der Waals surface area contributed by atoms with Crippen LogP contribution in [0.1, 0.15) is 25.1 Å². The van der Waals surface area contributed by atoms with Crippen LogP contribution in [0.4, 0.5) is 4.79 Å². The predicted molar refractivity (Wildman–Crippen MR) is 100 cm³/mol. The fourth-order valence-corrected chi connectivity index (χ4v) is 4.09. The predicted octanol–water partition coefficient (Wildman–Crippen LogP) is 2.74. The largest absolute Gasteiger partial charge is 0.450 e. The average Bonchev–Trinajstić information content (AvgIpc) is 3.10. The van der Waals surface area contributed by atoms with Crippen molar-refractivity contribution in [3.05, 3.63) is 20.8 Å². The first-order valence-electron chi connectivity index (χ1n) is 7.20. The Morgan fingerprint density at radius 1 is 1.65 bits per heavy atom. The number of amidine groups is 1. The fourth-order valence-electron chi connectivity index (χ4n) is 2.24. The molecule has 0 fully saturated rings. The summed E-state index contributed by atoms with van der Waals surface area (Å²) in [7, 11) is 0. The number of rotatable bonds is 5. The normalized spacial score (nSPS) is 16.0. The summed E-state index contributed by atoms with van der Waals surface area (Å²) in [4.78, 5) is 17.1. The number of thiophene rings is 1. The molecule has 0 aliphatic carbocycles. The first-order chi connectivity index (χ1) is 10.9. The van der Waals surface area contributed by atoms with Crippen molar-refractivity contribution >= 4 is 56.5 Å². The zero-order valence-electron chi connectivity index (χ0n) is 12.9. The van der Waals surface area contributed by atoms with Gasteiger partial charge in [0.1, 0.15) is 0 Å². The molecule has 6 nitrogen and oxygen atoms in total. The van der Waals surface area contributed by atoms with Crippen molar-refractivity contribution < 1.29 is 9.53 Å². The van der Waals surface area contributed by atoms with E-state index in [1.807, 2.05) is 18.4 Å². The Bertz CT molecular complexity index is 620. The topological polar surface area (TPSA) is 74.8 Å². The highest BCUT2D eigenvalue weighted by Gasteiger charge is 2.32. The molecule has 2 heterocycles. The van der Waals surface area contributed by atoms with Gasteiger partial charge in [-0.3, -0.25) is 10.3 Å². The molecule has 0 bridgehead atoms. The van der Waals surface area contributed by atoms with E-state index in [1.54, 1.807) is 18.3 Å². The number of hydrogen-bond donors (Lipinski definition) is 3. The second-order valence-corrected chi connectivity index (χ2v) is 7.43. The molecule has 23 heavy (non-hydrogen) atoms. The van der Waals surface area contributed by atoms with Gasteiger partial charge >= 0.3 is 6.09 Å². The van der Waals surface area contributed by atoms with E-state index in [2.05, 4.69) is 36.9 Å². The highest BCUT2D eigenvalue weighted by Crippen LogP contribution is 2.33. The van der Waals surface area contributed by atoms with Crippen molar-refractivity contribution in [2.45, 2.75) is 25.8 Å². The van der Waals surface area contributed by atoms with Crippen LogP contribution in [0.2, 0.25) is 0 Å². The van der Waals surface area contributed by atoms with Crippen LogP contribution in [0.15, 0.2) is 20.9 Å². The molecule has 0 spiro atoms. The van der Waals surface area contributed by atoms with E-state index in [-0.39, 0.29) is 5.11 Å². The highest BCUT2D eigenvalue weighted by molar-refractivity contribution is 9.10. The summed E-state index contributed by atoms with van der Waals surface area (Å²) in [5, 5.41) is 11.3. The summed E-state index contributed by atoms with van der Waals surface area (Å²) < 4.78 is 5.86. The number of amides is 1. The van der Waals surface area contributed by atoms with E-state index < -0.39 is 11.6 Å². The van der Waals surface area contributed by atoms with Gasteiger partial charge in [-0.2, -0.15) is 0 Å². The fraction of sp³-hybridized carbons (Fsp3) is 0.500. The molecule has 0 saturated heterocycles. The maximum absolute atomic E-state index is 11.5. The van der Waals surface area contributed by atoms with Crippen LogP contribution in [-0.2, 0) is 10.3 Å². The number of nitrogens with one attached hydrogen (secondary N) is 3. The molecule has 1 aromatic rings. The van der Waals surface area contributed by atoms with Crippen LogP contribution < -0.4 is 16.0 Å². The van der Waals surface area contributed by atoms with Crippen LogP contribution in [0, 0.1) is 0 Å². The van der Waals surface area contributed by atoms with Gasteiger partial charge in [-0.25, -0.2) is 4.79 Å². The number of alkyl carbamates (subject to hydrolysis) is 1. The van der Waals surface area contributed by atoms with Gasteiger partial charge in [-0.1, -0.05) is 0 Å². The van der Waals surface area contributed by atoms with Gasteiger partial charge in [-0.15, -0.1) is 11.3 Å². The molecule has 1 aliphatic heterocycles. The van der Waals surface area contributed by atoms with E-state index in [0.29, 0.717) is 13.0 Å². The average molecular weight is 419 g/mol. The van der Waals surface area contributed by atoms with Crippen LogP contribution >= 0.6 is 39.5 Å². The quantitative estimate of drug-likeness (QED) is 0.640. The van der Waals surface area contributed by atoms with E-state index in [0.717, 1.165) is 28.3 Å². The standard InChI is InChI=1S/C14H19BrN4O2S2/c1-3-21-13(20)18-12(22)19-14(2,7-11-16-4-5-17-11)10-6-9(15)8-23-10/h6,8H,3-5,7H2,1-2H3,(H,16,17)(H2,18,19,20,22)/t14-/m0/s1. The molecule has 1 aromatic heterocycles. The summed E-state index contributed by atoms with van der Waals surface area (Å²) in [5.41, 5.74) is -0.483. The molecule has 0 aromatic carbocycles. The number of carbonyl (C=O) groups is 1. The first kappa shape index (κ1) is 18.2. The molecule has 9 heteroatoms. The van der Waals surface area contributed by atoms with Gasteiger partial charge in [0.25, 0.3) is 0 Å². The lowest BCUT2D eigenvalue weighted by Crippen LogP contribution is -2.51. The van der Waals surface area contributed by atoms with E-state index in [9.17, 15) is 4.79 Å². The molecular weight excluding hydrogens is 400 g/mol. The number of hydrogen-bond acceptors (Lipinski definition) is 6. The van der Waals surface area contributed by atoms with E-state index in [1.165, 1.54) is 0 Å². The molecule has 1 aliphatic rings. The van der Waals surface area contributed by atoms with Gasteiger partial charge in [0.15, 0.2) is 5.11 Å². The van der Waals surface area contributed by atoms with Crippen LogP contribution in [-0.4, -0.2) is 36.7 Å². The van der Waals surface area contributed by atoms with Crippen LogP contribution in [0.3, 0.4) is 0 Å². The molecular formula is C14H19BrN4O2S2. The Balaban J connectivity index is 2.13. The molecule has 0 radical (unpaired) electrons. The second kappa shape index (κ2) is 8.07. The van der Waals surface area contributed by atoms with Crippen molar-refractivity contribution in [2.24, 2.45) is 4.99 Å². The third-order valence-electron chi connectivity index (χ3n) is 3.26. The molecule has 0 saturated carbocycles. The summed E-state index contributed by atoms with van der Waals surface area (Å²) >= 11 is 10.3. The second-order valence-electron chi connectivity index (χ2n) is 5.19. The SMILES string of the molecule is CCOC(=O)NC(=S)N[C@@](C)(CC1=NCCN1)c1cc(Br)cs1. The van der Waals surface area contributed by atoms with Gasteiger partial charge in [-0.05, 0) is 48.1 Å². The molecule has 3 N–H and O–H groups in total. The van der Waals surface area contributed by atoms with Gasteiger partial charge < -0.3 is 15.4 Å². The van der Waals surface area contributed by atoms with E-state index in [4.69, 9.17) is 17.0 Å². The minimum absolute atomic E-state index is 0.231. The van der Waals surface area contributed by atoms with Crippen molar-refractivity contribution in [3.63, 3.8) is 0 Å². The molecule has 2 rings (SSSR count). The Labute approximate surface area is 153 Å². The lowest BCUT2D eigenvalue weighted by molar-refractivity contribution is 0.157. The Morgan fingerprint density at radius 2 is 2.43 bits per heavy atom. The van der Waals surface area contributed by atoms with Crippen molar-refractivity contribution in [1.29, 1.82) is 0 Å². The van der Waals surface area contributed by atoms with Crippen molar-refractivity contribution in [2.75, 3.05) is 19.7 Å². The third kappa shape index (κ3) is 5.15. The highest BCUT2D eigenvalue weighted by atomic mass is 79.9. The van der Waals surface area contributed by atoms with Gasteiger partial charge in [0.2, 0.25) is 0 Å². The molecule has 1 atom stereocenters. The summed E-state index contributed by atoms with van der Waals surface area (Å²) in [6.07, 6.45) is 0.0842. The summed E-state index contributed by atoms with van der Waals surface area (Å²) in [5.74, 6) is 0.934. The molecule has 0 unspecified atom stereocenters. The number of thiocarbonyl (C=S) groups is 1. The summed E-state index contributed by atoms with van der Waals surface area (Å²) in [6.45, 7) is 5.71. The lowest BCUT2D eigenvalue weighted by atomic mass is 9.95.